The molecule has 0 saturated carbocycles. The van der Waals surface area contributed by atoms with Crippen molar-refractivity contribution in [2.75, 3.05) is 0 Å². The summed E-state index contributed by atoms with van der Waals surface area (Å²) in [5.74, 6) is -4.77. The fraction of sp³-hybridized carbons (Fsp3) is 0.321. The average Bonchev–Trinajstić information content (AvgIpc) is 3.48. The number of aromatic nitrogens is 4. The van der Waals surface area contributed by atoms with E-state index in [-0.39, 0.29) is 11.5 Å². The van der Waals surface area contributed by atoms with Crippen molar-refractivity contribution in [1.82, 2.24) is 24.5 Å². The molecule has 1 aliphatic rings. The van der Waals surface area contributed by atoms with Crippen LogP contribution in [0.25, 0.3) is 16.9 Å². The number of nitrogens with zero attached hydrogens (tertiary/aromatic N) is 5. The second kappa shape index (κ2) is 9.41. The van der Waals surface area contributed by atoms with Gasteiger partial charge in [-0.3, -0.25) is 9.48 Å². The highest BCUT2D eigenvalue weighted by atomic mass is 19.2. The number of halogens is 4. The van der Waals surface area contributed by atoms with Crippen molar-refractivity contribution in [3.63, 3.8) is 0 Å². The van der Waals surface area contributed by atoms with Crippen molar-refractivity contribution in [1.29, 1.82) is 0 Å². The van der Waals surface area contributed by atoms with Gasteiger partial charge in [0.2, 0.25) is 0 Å². The topological polar surface area (TPSA) is 56.0 Å². The van der Waals surface area contributed by atoms with E-state index in [1.807, 2.05) is 25.7 Å². The van der Waals surface area contributed by atoms with Gasteiger partial charge in [-0.15, -0.1) is 0 Å². The number of aryl methyl sites for hydroxylation is 1. The zero-order valence-corrected chi connectivity index (χ0v) is 21.5. The van der Waals surface area contributed by atoms with Gasteiger partial charge in [0.15, 0.2) is 23.3 Å². The molecule has 0 radical (unpaired) electrons. The van der Waals surface area contributed by atoms with Gasteiger partial charge >= 0.3 is 0 Å². The SMILES string of the molecule is CCC1c2nn(C)c(-c3cc(F)c(F)c(F)c3)c2CC(C)(CC)N1C(=O)c1cccc(-n2cc(F)cn2)c1. The Labute approximate surface area is 217 Å². The predicted octanol–water partition coefficient (Wildman–Crippen LogP) is 6.15. The molecule has 0 aliphatic carbocycles. The van der Waals surface area contributed by atoms with Crippen molar-refractivity contribution in [2.24, 2.45) is 7.05 Å². The first-order valence-electron chi connectivity index (χ1n) is 12.4. The zero-order valence-electron chi connectivity index (χ0n) is 21.5. The van der Waals surface area contributed by atoms with Gasteiger partial charge in [0.05, 0.1) is 35.5 Å². The first kappa shape index (κ1) is 25.7. The summed E-state index contributed by atoms with van der Waals surface area (Å²) < 4.78 is 58.4. The maximum absolute atomic E-state index is 14.1. The standard InChI is InChI=1S/C28H27F4N5O/c1-5-23-25-20(26(35(4)34-25)17-11-21(30)24(32)22(31)12-17)13-28(3,6-2)37(23)27(38)16-8-7-9-19(10-16)36-15-18(29)14-33-36/h7-12,14-15,23H,5-6,13H2,1-4H3. The number of hydrogen-bond acceptors (Lipinski definition) is 3. The minimum absolute atomic E-state index is 0.185. The summed E-state index contributed by atoms with van der Waals surface area (Å²) in [4.78, 5) is 15.9. The van der Waals surface area contributed by atoms with E-state index in [1.165, 1.54) is 15.6 Å². The van der Waals surface area contributed by atoms with Gasteiger partial charge in [0.25, 0.3) is 5.91 Å². The largest absolute Gasteiger partial charge is 0.324 e. The molecule has 0 spiro atoms. The van der Waals surface area contributed by atoms with E-state index < -0.39 is 34.8 Å². The van der Waals surface area contributed by atoms with E-state index in [1.54, 1.807) is 31.3 Å². The quantitative estimate of drug-likeness (QED) is 0.232. The van der Waals surface area contributed by atoms with E-state index in [0.717, 1.165) is 23.9 Å². The highest BCUT2D eigenvalue weighted by molar-refractivity contribution is 5.96. The molecule has 5 rings (SSSR count). The van der Waals surface area contributed by atoms with E-state index in [0.29, 0.717) is 41.9 Å². The molecule has 0 fully saturated rings. The summed E-state index contributed by atoms with van der Waals surface area (Å²) in [6.07, 6.45) is 3.85. The van der Waals surface area contributed by atoms with E-state index >= 15 is 0 Å². The molecule has 2 aromatic heterocycles. The van der Waals surface area contributed by atoms with Gasteiger partial charge in [0, 0.05) is 29.3 Å². The van der Waals surface area contributed by atoms with Crippen LogP contribution >= 0.6 is 0 Å². The lowest BCUT2D eigenvalue weighted by Crippen LogP contribution is -2.55. The van der Waals surface area contributed by atoms with Crippen molar-refractivity contribution < 1.29 is 22.4 Å². The highest BCUT2D eigenvalue weighted by Crippen LogP contribution is 2.46. The van der Waals surface area contributed by atoms with Crippen molar-refractivity contribution in [3.05, 3.63) is 88.9 Å². The molecule has 6 nitrogen and oxygen atoms in total. The van der Waals surface area contributed by atoms with Gasteiger partial charge in [0.1, 0.15) is 0 Å². The normalized spacial score (nSPS) is 19.1. The molecule has 38 heavy (non-hydrogen) atoms. The molecule has 198 valence electrons. The molecule has 10 heteroatoms. The number of hydrogen-bond donors (Lipinski definition) is 0. The van der Waals surface area contributed by atoms with Gasteiger partial charge in [-0.25, -0.2) is 22.2 Å². The molecular formula is C28H27F4N5O. The van der Waals surface area contributed by atoms with Gasteiger partial charge in [-0.1, -0.05) is 19.9 Å². The van der Waals surface area contributed by atoms with Crippen LogP contribution in [0.3, 0.4) is 0 Å². The lowest BCUT2D eigenvalue weighted by molar-refractivity contribution is 0.0243. The lowest BCUT2D eigenvalue weighted by Gasteiger charge is -2.49. The Hall–Kier alpha value is -3.95. The molecule has 0 bridgehead atoms. The molecule has 3 heterocycles. The molecule has 2 atom stereocenters. The Bertz CT molecular complexity index is 1520. The van der Waals surface area contributed by atoms with E-state index in [4.69, 9.17) is 0 Å². The molecule has 2 aromatic carbocycles. The Morgan fingerprint density at radius 2 is 1.82 bits per heavy atom. The molecule has 1 amide bonds. The maximum Gasteiger partial charge on any atom is 0.254 e. The second-order valence-electron chi connectivity index (χ2n) is 9.87. The maximum atomic E-state index is 14.1. The Kier molecular flexibility index (Phi) is 6.36. The fourth-order valence-electron chi connectivity index (χ4n) is 5.47. The zero-order chi connectivity index (χ0) is 27.4. The number of amides is 1. The van der Waals surface area contributed by atoms with Crippen molar-refractivity contribution in [3.8, 4) is 16.9 Å². The van der Waals surface area contributed by atoms with Crippen LogP contribution in [0.2, 0.25) is 0 Å². The fourth-order valence-corrected chi connectivity index (χ4v) is 5.47. The third kappa shape index (κ3) is 4.08. The summed E-state index contributed by atoms with van der Waals surface area (Å²) in [6, 6.07) is 8.36. The first-order valence-corrected chi connectivity index (χ1v) is 12.4. The molecular weight excluding hydrogens is 498 g/mol. The molecule has 4 aromatic rings. The van der Waals surface area contributed by atoms with Crippen LogP contribution in [0.5, 0.6) is 0 Å². The first-order chi connectivity index (χ1) is 18.1. The van der Waals surface area contributed by atoms with Crippen molar-refractivity contribution >= 4 is 5.91 Å². The Morgan fingerprint density at radius 1 is 1.11 bits per heavy atom. The van der Waals surface area contributed by atoms with Crippen LogP contribution in [0, 0.1) is 23.3 Å². The number of fused-ring (bicyclic) bond motifs is 1. The smallest absolute Gasteiger partial charge is 0.254 e. The molecule has 0 saturated heterocycles. The second-order valence-corrected chi connectivity index (χ2v) is 9.87. The summed E-state index contributed by atoms with van der Waals surface area (Å²) >= 11 is 0. The van der Waals surface area contributed by atoms with Gasteiger partial charge in [-0.2, -0.15) is 10.2 Å². The van der Waals surface area contributed by atoms with Crippen LogP contribution in [-0.2, 0) is 13.5 Å². The summed E-state index contributed by atoms with van der Waals surface area (Å²) in [6.45, 7) is 5.91. The van der Waals surface area contributed by atoms with E-state index in [2.05, 4.69) is 10.2 Å². The highest BCUT2D eigenvalue weighted by Gasteiger charge is 2.46. The molecule has 2 unspecified atom stereocenters. The predicted molar refractivity (Wildman–Crippen MR) is 134 cm³/mol. The monoisotopic (exact) mass is 525 g/mol. The Balaban J connectivity index is 1.61. The van der Waals surface area contributed by atoms with Crippen LogP contribution in [0.15, 0.2) is 48.8 Å². The summed E-state index contributed by atoms with van der Waals surface area (Å²) in [5.41, 5.74) is 2.39. The number of carbonyl (C=O) groups is 1. The van der Waals surface area contributed by atoms with E-state index in [9.17, 15) is 22.4 Å². The van der Waals surface area contributed by atoms with Crippen LogP contribution in [-0.4, -0.2) is 35.9 Å². The number of rotatable bonds is 5. The third-order valence-corrected chi connectivity index (χ3v) is 7.48. The number of benzene rings is 2. The molecule has 0 N–H and O–H groups in total. The lowest BCUT2D eigenvalue weighted by atomic mass is 9.78. The van der Waals surface area contributed by atoms with Gasteiger partial charge < -0.3 is 4.90 Å². The van der Waals surface area contributed by atoms with Gasteiger partial charge in [-0.05, 0) is 56.5 Å². The molecule has 1 aliphatic heterocycles. The van der Waals surface area contributed by atoms with Crippen molar-refractivity contribution in [2.45, 2.75) is 51.6 Å². The minimum Gasteiger partial charge on any atom is -0.324 e. The minimum atomic E-state index is -1.52. The van der Waals surface area contributed by atoms with Crippen LogP contribution in [0.4, 0.5) is 17.6 Å². The average molecular weight is 526 g/mol. The summed E-state index contributed by atoms with van der Waals surface area (Å²) in [7, 11) is 1.67. The summed E-state index contributed by atoms with van der Waals surface area (Å²) in [5, 5.41) is 8.67. The number of carbonyl (C=O) groups excluding carboxylic acids is 1. The van der Waals surface area contributed by atoms with Crippen LogP contribution < -0.4 is 0 Å². The third-order valence-electron chi connectivity index (χ3n) is 7.48. The Morgan fingerprint density at radius 3 is 2.42 bits per heavy atom. The van der Waals surface area contributed by atoms with Crippen LogP contribution in [0.1, 0.15) is 61.3 Å².